The molecule has 0 bridgehead atoms. The number of allylic oxidation sites excluding steroid dienone is 1. The largest absolute Gasteiger partial charge is 0.384 e. The van der Waals surface area contributed by atoms with Gasteiger partial charge in [-0.05, 0) is 65.9 Å². The van der Waals surface area contributed by atoms with Crippen molar-refractivity contribution in [3.05, 3.63) is 65.7 Å². The van der Waals surface area contributed by atoms with E-state index >= 15 is 0 Å². The molecule has 0 fully saturated rings. The topological polar surface area (TPSA) is 24.9 Å². The van der Waals surface area contributed by atoms with E-state index in [1.807, 2.05) is 24.3 Å². The zero-order valence-corrected chi connectivity index (χ0v) is 10.6. The van der Waals surface area contributed by atoms with Gasteiger partial charge in [-0.1, -0.05) is 0 Å². The normalized spacial score (nSPS) is 15.2. The van der Waals surface area contributed by atoms with Gasteiger partial charge in [0.15, 0.2) is 0 Å². The predicted molar refractivity (Wildman–Crippen MR) is 74.7 cm³/mol. The lowest BCUT2D eigenvalue weighted by Crippen LogP contribution is -2.20. The predicted octanol–water partition coefficient (Wildman–Crippen LogP) is 3.47. The lowest BCUT2D eigenvalue weighted by atomic mass is 9.93. The van der Waals surface area contributed by atoms with E-state index in [1.54, 1.807) is 12.4 Å². The fraction of sp³-hybridized carbons (Fsp3) is 0.188. The molecule has 1 aromatic heterocycles. The Hall–Kier alpha value is -2.16. The van der Waals surface area contributed by atoms with Gasteiger partial charge in [-0.15, -0.1) is 0 Å². The van der Waals surface area contributed by atoms with Gasteiger partial charge in [0.2, 0.25) is 0 Å². The van der Waals surface area contributed by atoms with Crippen LogP contribution in [-0.2, 0) is 0 Å². The first kappa shape index (κ1) is 11.9. The standard InChI is InChI=1S/C16H15FN2/c17-14-5-3-13(4-6-14)16-15(2-1-9-19-16)12-7-10-18-11-8-12/h3-8,10-11,19H,1-2,9H2. The molecule has 0 saturated carbocycles. The molecule has 96 valence electrons. The third-order valence-electron chi connectivity index (χ3n) is 3.37. The fourth-order valence-corrected chi connectivity index (χ4v) is 2.44. The number of halogens is 1. The minimum atomic E-state index is -0.203. The molecule has 3 heteroatoms. The van der Waals surface area contributed by atoms with Gasteiger partial charge in [0.25, 0.3) is 0 Å². The van der Waals surface area contributed by atoms with Crippen molar-refractivity contribution in [3.8, 4) is 0 Å². The molecule has 0 amide bonds. The molecule has 2 nitrogen and oxygen atoms in total. The van der Waals surface area contributed by atoms with Gasteiger partial charge in [0, 0.05) is 24.6 Å². The zero-order valence-electron chi connectivity index (χ0n) is 10.6. The molecule has 2 heterocycles. The van der Waals surface area contributed by atoms with Crippen molar-refractivity contribution in [2.24, 2.45) is 0 Å². The Morgan fingerprint density at radius 2 is 1.68 bits per heavy atom. The minimum Gasteiger partial charge on any atom is -0.384 e. The first-order valence-electron chi connectivity index (χ1n) is 6.48. The molecule has 1 aromatic carbocycles. The number of hydrogen-bond donors (Lipinski definition) is 1. The van der Waals surface area contributed by atoms with Crippen LogP contribution < -0.4 is 5.32 Å². The van der Waals surface area contributed by atoms with Crippen LogP contribution in [-0.4, -0.2) is 11.5 Å². The molecule has 0 unspecified atom stereocenters. The Morgan fingerprint density at radius 3 is 2.42 bits per heavy atom. The summed E-state index contributed by atoms with van der Waals surface area (Å²) in [5.41, 5.74) is 4.60. The Bertz CT molecular complexity index is 588. The van der Waals surface area contributed by atoms with Gasteiger partial charge in [0.05, 0.1) is 0 Å². The third-order valence-corrected chi connectivity index (χ3v) is 3.37. The quantitative estimate of drug-likeness (QED) is 0.887. The number of nitrogens with zero attached hydrogens (tertiary/aromatic N) is 1. The van der Waals surface area contributed by atoms with Gasteiger partial charge in [-0.2, -0.15) is 0 Å². The van der Waals surface area contributed by atoms with Crippen molar-refractivity contribution >= 4 is 11.3 Å². The number of benzene rings is 1. The lowest BCUT2D eigenvalue weighted by molar-refractivity contribution is 0.627. The van der Waals surface area contributed by atoms with Crippen LogP contribution in [0.4, 0.5) is 4.39 Å². The van der Waals surface area contributed by atoms with Crippen LogP contribution in [0.5, 0.6) is 0 Å². The highest BCUT2D eigenvalue weighted by atomic mass is 19.1. The van der Waals surface area contributed by atoms with E-state index in [0.29, 0.717) is 0 Å². The summed E-state index contributed by atoms with van der Waals surface area (Å²) in [7, 11) is 0. The molecule has 1 aliphatic heterocycles. The summed E-state index contributed by atoms with van der Waals surface area (Å²) in [5.74, 6) is -0.203. The molecule has 0 saturated heterocycles. The first-order chi connectivity index (χ1) is 9.34. The SMILES string of the molecule is Fc1ccc(C2=C(c3ccncc3)CCCN2)cc1. The third kappa shape index (κ3) is 2.50. The molecule has 0 radical (unpaired) electrons. The summed E-state index contributed by atoms with van der Waals surface area (Å²) in [5, 5.41) is 3.44. The molecular formula is C16H15FN2. The number of nitrogens with one attached hydrogen (secondary N) is 1. The van der Waals surface area contributed by atoms with Crippen LogP contribution in [0.3, 0.4) is 0 Å². The maximum absolute atomic E-state index is 13.0. The second-order valence-electron chi connectivity index (χ2n) is 4.63. The molecule has 0 spiro atoms. The number of aromatic nitrogens is 1. The highest BCUT2D eigenvalue weighted by Gasteiger charge is 2.15. The van der Waals surface area contributed by atoms with Crippen LogP contribution in [0.25, 0.3) is 11.3 Å². The second kappa shape index (κ2) is 5.22. The Labute approximate surface area is 112 Å². The Morgan fingerprint density at radius 1 is 0.947 bits per heavy atom. The number of hydrogen-bond acceptors (Lipinski definition) is 2. The summed E-state index contributed by atoms with van der Waals surface area (Å²) in [6, 6.07) is 10.7. The second-order valence-corrected chi connectivity index (χ2v) is 4.63. The van der Waals surface area contributed by atoms with E-state index in [1.165, 1.54) is 23.3 Å². The van der Waals surface area contributed by atoms with Crippen LogP contribution in [0.2, 0.25) is 0 Å². The lowest BCUT2D eigenvalue weighted by Gasteiger charge is -2.23. The maximum Gasteiger partial charge on any atom is 0.123 e. The van der Waals surface area contributed by atoms with Crippen molar-refractivity contribution < 1.29 is 4.39 Å². The highest BCUT2D eigenvalue weighted by Crippen LogP contribution is 2.30. The van der Waals surface area contributed by atoms with E-state index in [4.69, 9.17) is 0 Å². The van der Waals surface area contributed by atoms with Gasteiger partial charge in [-0.3, -0.25) is 4.98 Å². The molecule has 0 aliphatic carbocycles. The molecule has 1 N–H and O–H groups in total. The summed E-state index contributed by atoms with van der Waals surface area (Å²) in [6.07, 6.45) is 5.75. The van der Waals surface area contributed by atoms with E-state index < -0.39 is 0 Å². The molecular weight excluding hydrogens is 239 g/mol. The summed E-state index contributed by atoms with van der Waals surface area (Å²) < 4.78 is 13.0. The maximum atomic E-state index is 13.0. The average molecular weight is 254 g/mol. The van der Waals surface area contributed by atoms with Gasteiger partial charge in [0.1, 0.15) is 5.82 Å². The number of rotatable bonds is 2. The van der Waals surface area contributed by atoms with Crippen LogP contribution in [0.15, 0.2) is 48.8 Å². The van der Waals surface area contributed by atoms with Gasteiger partial charge < -0.3 is 5.32 Å². The van der Waals surface area contributed by atoms with Gasteiger partial charge >= 0.3 is 0 Å². The summed E-state index contributed by atoms with van der Waals surface area (Å²) >= 11 is 0. The Kier molecular flexibility index (Phi) is 3.27. The smallest absolute Gasteiger partial charge is 0.123 e. The average Bonchev–Trinajstić information content (AvgIpc) is 2.49. The van der Waals surface area contributed by atoms with Crippen molar-refractivity contribution in [2.75, 3.05) is 6.54 Å². The molecule has 2 aromatic rings. The zero-order chi connectivity index (χ0) is 13.1. The van der Waals surface area contributed by atoms with Gasteiger partial charge in [-0.25, -0.2) is 4.39 Å². The Balaban J connectivity index is 2.08. The monoisotopic (exact) mass is 254 g/mol. The van der Waals surface area contributed by atoms with E-state index in [-0.39, 0.29) is 5.82 Å². The van der Waals surface area contributed by atoms with Crippen molar-refractivity contribution in [1.82, 2.24) is 10.3 Å². The van der Waals surface area contributed by atoms with E-state index in [2.05, 4.69) is 10.3 Å². The van der Waals surface area contributed by atoms with Crippen molar-refractivity contribution in [2.45, 2.75) is 12.8 Å². The fourth-order valence-electron chi connectivity index (χ4n) is 2.44. The molecule has 0 atom stereocenters. The first-order valence-corrected chi connectivity index (χ1v) is 6.48. The van der Waals surface area contributed by atoms with Crippen molar-refractivity contribution in [1.29, 1.82) is 0 Å². The van der Waals surface area contributed by atoms with Crippen LogP contribution in [0.1, 0.15) is 24.0 Å². The molecule has 19 heavy (non-hydrogen) atoms. The van der Waals surface area contributed by atoms with E-state index in [9.17, 15) is 4.39 Å². The van der Waals surface area contributed by atoms with Crippen LogP contribution in [0, 0.1) is 5.82 Å². The minimum absolute atomic E-state index is 0.203. The van der Waals surface area contributed by atoms with E-state index in [0.717, 1.165) is 30.6 Å². The molecule has 3 rings (SSSR count). The number of pyridine rings is 1. The summed E-state index contributed by atoms with van der Waals surface area (Å²) in [4.78, 5) is 4.06. The summed E-state index contributed by atoms with van der Waals surface area (Å²) in [6.45, 7) is 0.960. The van der Waals surface area contributed by atoms with Crippen LogP contribution >= 0.6 is 0 Å². The highest BCUT2D eigenvalue weighted by molar-refractivity contribution is 5.90. The van der Waals surface area contributed by atoms with Crippen molar-refractivity contribution in [3.63, 3.8) is 0 Å². The molecule has 1 aliphatic rings.